The van der Waals surface area contributed by atoms with Gasteiger partial charge in [-0.25, -0.2) is 4.39 Å². The van der Waals surface area contributed by atoms with E-state index in [4.69, 9.17) is 28.9 Å². The molecule has 0 aliphatic heterocycles. The topological polar surface area (TPSA) is 43.1 Å². The summed E-state index contributed by atoms with van der Waals surface area (Å²) < 4.78 is 13.4. The van der Waals surface area contributed by atoms with Crippen molar-refractivity contribution in [1.82, 2.24) is 0 Å². The molecule has 0 unspecified atom stereocenters. The maximum Gasteiger partial charge on any atom is 0.221 e. The summed E-state index contributed by atoms with van der Waals surface area (Å²) in [5.74, 6) is -0.889. The predicted octanol–water partition coefficient (Wildman–Crippen LogP) is 3.83. The number of primary amides is 1. The van der Waals surface area contributed by atoms with Crippen molar-refractivity contribution in [1.29, 1.82) is 0 Å². The molecule has 98 valence electrons. The lowest BCUT2D eigenvalue weighted by Crippen LogP contribution is -2.14. The normalized spacial score (nSPS) is 10.5. The highest BCUT2D eigenvalue weighted by molar-refractivity contribution is 6.35. The number of hydrogen-bond donors (Lipinski definition) is 1. The van der Waals surface area contributed by atoms with Crippen molar-refractivity contribution in [3.63, 3.8) is 0 Å². The molecular formula is C14H10Cl2FNO. The van der Waals surface area contributed by atoms with Gasteiger partial charge in [-0.05, 0) is 47.0 Å². The first kappa shape index (κ1) is 13.8. The summed E-state index contributed by atoms with van der Waals surface area (Å²) in [4.78, 5) is 11.0. The summed E-state index contributed by atoms with van der Waals surface area (Å²) >= 11 is 11.9. The number of nitrogens with two attached hydrogens (primary N) is 1. The van der Waals surface area contributed by atoms with Gasteiger partial charge in [0.15, 0.2) is 0 Å². The molecule has 0 aliphatic carbocycles. The van der Waals surface area contributed by atoms with Crippen molar-refractivity contribution in [2.75, 3.05) is 0 Å². The Kier molecular flexibility index (Phi) is 4.08. The smallest absolute Gasteiger partial charge is 0.221 e. The summed E-state index contributed by atoms with van der Waals surface area (Å²) in [7, 11) is 0. The van der Waals surface area contributed by atoms with Crippen LogP contribution in [0.3, 0.4) is 0 Å². The molecule has 0 saturated carbocycles. The van der Waals surface area contributed by atoms with Crippen LogP contribution < -0.4 is 5.73 Å². The number of amides is 1. The van der Waals surface area contributed by atoms with Crippen molar-refractivity contribution in [2.24, 2.45) is 5.73 Å². The number of carbonyl (C=O) groups is 1. The van der Waals surface area contributed by atoms with Crippen LogP contribution in [0.5, 0.6) is 0 Å². The molecule has 2 aromatic carbocycles. The highest BCUT2D eigenvalue weighted by Crippen LogP contribution is 2.30. The summed E-state index contributed by atoms with van der Waals surface area (Å²) in [6, 6.07) is 9.05. The van der Waals surface area contributed by atoms with E-state index < -0.39 is 11.7 Å². The second-order valence-corrected chi connectivity index (χ2v) is 4.98. The molecular weight excluding hydrogens is 288 g/mol. The van der Waals surface area contributed by atoms with Gasteiger partial charge in [0.25, 0.3) is 0 Å². The second kappa shape index (κ2) is 5.59. The third kappa shape index (κ3) is 3.46. The fraction of sp³-hybridized carbons (Fsp3) is 0.0714. The number of carbonyl (C=O) groups excluding carboxylic acids is 1. The average Bonchev–Trinajstić information content (AvgIpc) is 2.29. The van der Waals surface area contributed by atoms with Crippen LogP contribution in [0.15, 0.2) is 36.4 Å². The van der Waals surface area contributed by atoms with Crippen LogP contribution in [0.1, 0.15) is 5.56 Å². The molecule has 2 N–H and O–H groups in total. The molecule has 1 amide bonds. The van der Waals surface area contributed by atoms with Crippen molar-refractivity contribution in [3.05, 3.63) is 57.8 Å². The van der Waals surface area contributed by atoms with Gasteiger partial charge in [-0.15, -0.1) is 0 Å². The summed E-state index contributed by atoms with van der Waals surface area (Å²) in [6.07, 6.45) is 0.0275. The van der Waals surface area contributed by atoms with E-state index in [1.807, 2.05) is 0 Å². The molecule has 2 nitrogen and oxygen atoms in total. The Balaban J connectivity index is 2.58. The van der Waals surface area contributed by atoms with E-state index >= 15 is 0 Å². The second-order valence-electron chi connectivity index (χ2n) is 4.10. The van der Waals surface area contributed by atoms with Crippen molar-refractivity contribution in [2.45, 2.75) is 6.42 Å². The molecule has 0 saturated heterocycles. The van der Waals surface area contributed by atoms with Crippen molar-refractivity contribution >= 4 is 29.1 Å². The summed E-state index contributed by atoms with van der Waals surface area (Å²) in [5.41, 5.74) is 7.02. The Morgan fingerprint density at radius 1 is 1.11 bits per heavy atom. The zero-order valence-electron chi connectivity index (χ0n) is 9.79. The monoisotopic (exact) mass is 297 g/mol. The first-order valence-electron chi connectivity index (χ1n) is 5.49. The van der Waals surface area contributed by atoms with Gasteiger partial charge in [0.1, 0.15) is 5.82 Å². The van der Waals surface area contributed by atoms with Crippen LogP contribution in [0.4, 0.5) is 4.39 Å². The van der Waals surface area contributed by atoms with E-state index in [1.165, 1.54) is 18.2 Å². The Hall–Kier alpha value is -1.58. The first-order valence-corrected chi connectivity index (χ1v) is 6.24. The third-order valence-electron chi connectivity index (χ3n) is 2.61. The minimum Gasteiger partial charge on any atom is -0.369 e. The number of benzene rings is 2. The Bertz CT molecular complexity index is 623. The zero-order chi connectivity index (χ0) is 14.0. The maximum atomic E-state index is 13.4. The minimum absolute atomic E-state index is 0.0275. The molecule has 2 aromatic rings. The molecule has 2 rings (SSSR count). The van der Waals surface area contributed by atoms with Crippen LogP contribution in [0.25, 0.3) is 11.1 Å². The van der Waals surface area contributed by atoms with Gasteiger partial charge in [-0.3, -0.25) is 4.79 Å². The summed E-state index contributed by atoms with van der Waals surface area (Å²) in [6.45, 7) is 0. The quantitative estimate of drug-likeness (QED) is 0.919. The van der Waals surface area contributed by atoms with E-state index in [1.54, 1.807) is 18.2 Å². The maximum absolute atomic E-state index is 13.4. The summed E-state index contributed by atoms with van der Waals surface area (Å²) in [5, 5.41) is 0.883. The number of hydrogen-bond acceptors (Lipinski definition) is 1. The third-order valence-corrected chi connectivity index (χ3v) is 3.05. The van der Waals surface area contributed by atoms with Gasteiger partial charge in [0.05, 0.1) is 6.42 Å². The fourth-order valence-corrected chi connectivity index (χ4v) is 2.39. The van der Waals surface area contributed by atoms with Crippen molar-refractivity contribution in [3.8, 4) is 11.1 Å². The highest BCUT2D eigenvalue weighted by Gasteiger charge is 2.10. The molecule has 19 heavy (non-hydrogen) atoms. The lowest BCUT2D eigenvalue weighted by Gasteiger charge is -2.10. The molecule has 0 atom stereocenters. The molecule has 0 aromatic heterocycles. The van der Waals surface area contributed by atoms with Gasteiger partial charge in [0, 0.05) is 10.0 Å². The van der Waals surface area contributed by atoms with Gasteiger partial charge >= 0.3 is 0 Å². The van der Waals surface area contributed by atoms with E-state index in [0.717, 1.165) is 0 Å². The molecule has 5 heteroatoms. The lowest BCUT2D eigenvalue weighted by atomic mass is 9.97. The first-order chi connectivity index (χ1) is 8.95. The van der Waals surface area contributed by atoms with E-state index in [0.29, 0.717) is 26.7 Å². The zero-order valence-corrected chi connectivity index (χ0v) is 11.3. The van der Waals surface area contributed by atoms with Crippen LogP contribution in [0, 0.1) is 5.82 Å². The van der Waals surface area contributed by atoms with E-state index in [9.17, 15) is 9.18 Å². The molecule has 0 fully saturated rings. The molecule has 0 heterocycles. The Morgan fingerprint density at radius 2 is 1.74 bits per heavy atom. The fourth-order valence-electron chi connectivity index (χ4n) is 1.87. The molecule has 0 aliphatic rings. The number of rotatable bonds is 3. The minimum atomic E-state index is -0.485. The van der Waals surface area contributed by atoms with Crippen molar-refractivity contribution < 1.29 is 9.18 Å². The van der Waals surface area contributed by atoms with Crippen LogP contribution in [-0.4, -0.2) is 5.91 Å². The van der Waals surface area contributed by atoms with Gasteiger partial charge < -0.3 is 5.73 Å². The largest absolute Gasteiger partial charge is 0.369 e. The van der Waals surface area contributed by atoms with Gasteiger partial charge in [-0.2, -0.15) is 0 Å². The molecule has 0 radical (unpaired) electrons. The Labute approximate surface area is 119 Å². The standard InChI is InChI=1S/C14H10Cl2FNO/c15-10-3-9(4-11(16)6-10)13-7-12(17)2-1-8(13)5-14(18)19/h1-4,6-7H,5H2,(H2,18,19). The van der Waals surface area contributed by atoms with E-state index in [2.05, 4.69) is 0 Å². The average molecular weight is 298 g/mol. The van der Waals surface area contributed by atoms with Crippen LogP contribution >= 0.6 is 23.2 Å². The SMILES string of the molecule is NC(=O)Cc1ccc(F)cc1-c1cc(Cl)cc(Cl)c1. The predicted molar refractivity (Wildman–Crippen MR) is 74.8 cm³/mol. The Morgan fingerprint density at radius 3 is 2.32 bits per heavy atom. The van der Waals surface area contributed by atoms with E-state index in [-0.39, 0.29) is 6.42 Å². The number of halogens is 3. The van der Waals surface area contributed by atoms with Crippen LogP contribution in [0.2, 0.25) is 10.0 Å². The van der Waals surface area contributed by atoms with Gasteiger partial charge in [0.2, 0.25) is 5.91 Å². The highest BCUT2D eigenvalue weighted by atomic mass is 35.5. The lowest BCUT2D eigenvalue weighted by molar-refractivity contribution is -0.117. The molecule has 0 spiro atoms. The van der Waals surface area contributed by atoms with Crippen LogP contribution in [-0.2, 0) is 11.2 Å². The molecule has 0 bridgehead atoms. The van der Waals surface area contributed by atoms with Gasteiger partial charge in [-0.1, -0.05) is 29.3 Å².